The van der Waals surface area contributed by atoms with Gasteiger partial charge in [0.25, 0.3) is 0 Å². The number of Topliss-reactive ketones (excluding diaryl/α,β-unsaturated/α-hetero) is 1. The van der Waals surface area contributed by atoms with Crippen LogP contribution in [0.3, 0.4) is 0 Å². The highest BCUT2D eigenvalue weighted by molar-refractivity contribution is 5.95. The van der Waals surface area contributed by atoms with Gasteiger partial charge in [-0.05, 0) is 87.4 Å². The van der Waals surface area contributed by atoms with Gasteiger partial charge in [-0.15, -0.1) is 0 Å². The molecule has 2 aromatic rings. The molecule has 2 N–H and O–H groups in total. The molecule has 0 aromatic heterocycles. The van der Waals surface area contributed by atoms with Crippen molar-refractivity contribution in [3.05, 3.63) is 70.0 Å². The van der Waals surface area contributed by atoms with Crippen molar-refractivity contribution in [3.63, 3.8) is 0 Å². The first-order valence-electron chi connectivity index (χ1n) is 15.1. The Labute approximate surface area is 242 Å². The van der Waals surface area contributed by atoms with Crippen molar-refractivity contribution < 1.29 is 9.18 Å². The molecule has 0 bridgehead atoms. The number of nitrogens with two attached hydrogens (primary N) is 1. The first kappa shape index (κ1) is 41.0. The van der Waals surface area contributed by atoms with Gasteiger partial charge in [-0.2, -0.15) is 0 Å². The van der Waals surface area contributed by atoms with Gasteiger partial charge < -0.3 is 5.73 Å². The lowest BCUT2D eigenvalue weighted by atomic mass is 9.96. The van der Waals surface area contributed by atoms with Crippen molar-refractivity contribution in [2.24, 2.45) is 11.7 Å². The van der Waals surface area contributed by atoms with E-state index in [-0.39, 0.29) is 11.6 Å². The third-order valence-electron chi connectivity index (χ3n) is 6.04. The van der Waals surface area contributed by atoms with E-state index < -0.39 is 5.54 Å². The van der Waals surface area contributed by atoms with Crippen LogP contribution in [0.15, 0.2) is 36.4 Å². The zero-order chi connectivity index (χ0) is 31.0. The van der Waals surface area contributed by atoms with Crippen LogP contribution in [0.2, 0.25) is 0 Å². The molecule has 0 aliphatic carbocycles. The lowest BCUT2D eigenvalue weighted by Gasteiger charge is -2.13. The van der Waals surface area contributed by atoms with Crippen LogP contribution >= 0.6 is 0 Å². The lowest BCUT2D eigenvalue weighted by Crippen LogP contribution is -2.32. The Morgan fingerprint density at radius 2 is 1.56 bits per heavy atom. The largest absolute Gasteiger partial charge is 0.315 e. The maximum atomic E-state index is 12.6. The number of hydrogen-bond donors (Lipinski definition) is 1. The third kappa shape index (κ3) is 20.2. The van der Waals surface area contributed by atoms with Gasteiger partial charge in [0, 0.05) is 11.1 Å². The van der Waals surface area contributed by atoms with E-state index in [0.717, 1.165) is 47.4 Å². The molecule has 0 saturated heterocycles. The van der Waals surface area contributed by atoms with Gasteiger partial charge >= 0.3 is 0 Å². The summed E-state index contributed by atoms with van der Waals surface area (Å²) in [5, 5.41) is 0. The molecule has 0 amide bonds. The number of ketones is 1. The van der Waals surface area contributed by atoms with Crippen LogP contribution in [-0.2, 0) is 6.42 Å². The summed E-state index contributed by atoms with van der Waals surface area (Å²) in [6.07, 6.45) is 6.81. The maximum absolute atomic E-state index is 12.6. The number of carbonyl (C=O) groups is 1. The minimum absolute atomic E-state index is 0.111. The topological polar surface area (TPSA) is 43.1 Å². The molecular weight excluding hydrogens is 481 g/mol. The molecule has 0 fully saturated rings. The summed E-state index contributed by atoms with van der Waals surface area (Å²) in [5.74, 6) is 7.14. The summed E-state index contributed by atoms with van der Waals surface area (Å²) in [6.45, 7) is 26.1. The van der Waals surface area contributed by atoms with Crippen molar-refractivity contribution in [1.82, 2.24) is 0 Å². The molecule has 2 rings (SSSR count). The van der Waals surface area contributed by atoms with Crippen molar-refractivity contribution in [2.75, 3.05) is 0 Å². The van der Waals surface area contributed by atoms with Gasteiger partial charge in [-0.3, -0.25) is 4.79 Å². The average Bonchev–Trinajstić information content (AvgIpc) is 2.93. The Hall–Kier alpha value is -2.44. The number of aryl methyl sites for hydroxylation is 3. The van der Waals surface area contributed by atoms with Crippen molar-refractivity contribution in [1.29, 1.82) is 0 Å². The summed E-state index contributed by atoms with van der Waals surface area (Å²) < 4.78 is 12.6. The minimum atomic E-state index is -0.454. The second-order valence-electron chi connectivity index (χ2n) is 9.75. The molecule has 0 spiro atoms. The molecular formula is C36H60FNO. The van der Waals surface area contributed by atoms with Crippen LogP contribution < -0.4 is 5.73 Å². The summed E-state index contributed by atoms with van der Waals surface area (Å²) in [4.78, 5) is 11.6. The van der Waals surface area contributed by atoms with Gasteiger partial charge in [0.2, 0.25) is 0 Å². The number of benzene rings is 2. The molecule has 0 aliphatic rings. The Morgan fingerprint density at radius 3 is 1.95 bits per heavy atom. The predicted molar refractivity (Wildman–Crippen MR) is 173 cm³/mol. The monoisotopic (exact) mass is 541 g/mol. The molecule has 39 heavy (non-hydrogen) atoms. The first-order chi connectivity index (χ1) is 18.4. The Morgan fingerprint density at radius 1 is 0.974 bits per heavy atom. The molecule has 222 valence electrons. The van der Waals surface area contributed by atoms with Gasteiger partial charge in [0.15, 0.2) is 5.78 Å². The Balaban J connectivity index is -0.000000537. The van der Waals surface area contributed by atoms with Crippen molar-refractivity contribution in [2.45, 2.75) is 134 Å². The number of hydrogen-bond acceptors (Lipinski definition) is 2. The second-order valence-corrected chi connectivity index (χ2v) is 9.75. The number of carbonyl (C=O) groups excluding carboxylic acids is 1. The molecule has 0 saturated carbocycles. The molecule has 2 atom stereocenters. The third-order valence-corrected chi connectivity index (χ3v) is 6.04. The van der Waals surface area contributed by atoms with Crippen LogP contribution in [0.25, 0.3) is 0 Å². The minimum Gasteiger partial charge on any atom is -0.315 e. The molecule has 3 heteroatoms. The van der Waals surface area contributed by atoms with Crippen molar-refractivity contribution >= 4 is 5.78 Å². The van der Waals surface area contributed by atoms with Crippen LogP contribution in [0.5, 0.6) is 0 Å². The average molecular weight is 542 g/mol. The summed E-state index contributed by atoms with van der Waals surface area (Å²) in [6, 6.07) is 11.0. The molecule has 0 heterocycles. The van der Waals surface area contributed by atoms with E-state index >= 15 is 0 Å². The highest BCUT2D eigenvalue weighted by atomic mass is 19.1. The normalized spacial score (nSPS) is 11.6. The summed E-state index contributed by atoms with van der Waals surface area (Å²) in [7, 11) is 0. The van der Waals surface area contributed by atoms with Gasteiger partial charge in [0.1, 0.15) is 5.82 Å². The standard InChI is InChI=1S/C17H23NO.C8H9F.C7H16.2C2H6/c1-5-7-15-12-14(8-9-16(15)13(3)19)10-11-17(4,18)6-2;1-6-3-4-7(2)8(9)5-6;1-4-6-7(3)5-2;2*1-2/h8-9,12H,5-7,18H2,1-4H3;3-5H,1-2H3;7H,4-6H2,1-3H3;2*1-2H3. The van der Waals surface area contributed by atoms with Crippen LogP contribution in [0, 0.1) is 37.4 Å². The molecule has 0 radical (unpaired) electrons. The predicted octanol–water partition coefficient (Wildman–Crippen LogP) is 10.6. The smallest absolute Gasteiger partial charge is 0.160 e. The highest BCUT2D eigenvalue weighted by Crippen LogP contribution is 2.15. The van der Waals surface area contributed by atoms with Gasteiger partial charge in [-0.1, -0.05) is 112 Å². The number of rotatable bonds is 7. The Kier molecular flexibility index (Phi) is 25.9. The van der Waals surface area contributed by atoms with E-state index in [0.29, 0.717) is 5.56 Å². The zero-order valence-corrected chi connectivity index (χ0v) is 27.6. The van der Waals surface area contributed by atoms with Gasteiger partial charge in [-0.25, -0.2) is 4.39 Å². The highest BCUT2D eigenvalue weighted by Gasteiger charge is 2.11. The number of halogens is 1. The lowest BCUT2D eigenvalue weighted by molar-refractivity contribution is 0.101. The fraction of sp³-hybridized carbons (Fsp3) is 0.583. The fourth-order valence-electron chi connectivity index (χ4n) is 3.19. The van der Waals surface area contributed by atoms with Crippen LogP contribution in [0.1, 0.15) is 141 Å². The Bertz CT molecular complexity index is 966. The molecule has 2 aromatic carbocycles. The molecule has 0 aliphatic heterocycles. The fourth-order valence-corrected chi connectivity index (χ4v) is 3.19. The van der Waals surface area contributed by atoms with E-state index in [4.69, 9.17) is 5.73 Å². The van der Waals surface area contributed by atoms with E-state index in [2.05, 4.69) is 39.5 Å². The molecule has 2 unspecified atom stereocenters. The van der Waals surface area contributed by atoms with E-state index in [9.17, 15) is 9.18 Å². The van der Waals surface area contributed by atoms with Gasteiger partial charge in [0.05, 0.1) is 5.54 Å². The second kappa shape index (κ2) is 24.6. The van der Waals surface area contributed by atoms with E-state index in [1.165, 1.54) is 25.3 Å². The maximum Gasteiger partial charge on any atom is 0.160 e. The SMILES string of the molecule is CC.CC.CCCC(C)CC.CCCc1cc(C#CC(C)(N)CC)ccc1C(C)=O.Cc1ccc(C)c(F)c1. The molecule has 2 nitrogen and oxygen atoms in total. The van der Waals surface area contributed by atoms with Crippen LogP contribution in [-0.4, -0.2) is 11.3 Å². The zero-order valence-electron chi connectivity index (χ0n) is 27.6. The summed E-state index contributed by atoms with van der Waals surface area (Å²) in [5.41, 5.74) is 10.1. The van der Waals surface area contributed by atoms with Crippen LogP contribution in [0.4, 0.5) is 4.39 Å². The quantitative estimate of drug-likeness (QED) is 0.280. The first-order valence-corrected chi connectivity index (χ1v) is 15.1. The van der Waals surface area contributed by atoms with E-state index in [1.807, 2.05) is 72.7 Å². The van der Waals surface area contributed by atoms with Crippen molar-refractivity contribution in [3.8, 4) is 11.8 Å². The summed E-state index contributed by atoms with van der Waals surface area (Å²) >= 11 is 0. The van der Waals surface area contributed by atoms with E-state index in [1.54, 1.807) is 19.9 Å².